The lowest BCUT2D eigenvalue weighted by molar-refractivity contribution is 0.529. The highest BCUT2D eigenvalue weighted by atomic mass is 14.8. The molecule has 94 valence electrons. The summed E-state index contributed by atoms with van der Waals surface area (Å²) >= 11 is 0. The molecule has 0 spiro atoms. The Kier molecular flexibility index (Phi) is 6.62. The summed E-state index contributed by atoms with van der Waals surface area (Å²) in [5.74, 6) is 1.73. The molecule has 16 heavy (non-hydrogen) atoms. The van der Waals surface area contributed by atoms with Gasteiger partial charge in [-0.3, -0.25) is 4.99 Å². The van der Waals surface area contributed by atoms with Gasteiger partial charge in [-0.15, -0.1) is 0 Å². The van der Waals surface area contributed by atoms with Gasteiger partial charge in [0.05, 0.1) is 0 Å². The van der Waals surface area contributed by atoms with Gasteiger partial charge in [-0.05, 0) is 37.7 Å². The predicted octanol–water partition coefficient (Wildman–Crippen LogP) is 4.73. The fourth-order valence-electron chi connectivity index (χ4n) is 1.14. The second-order valence-electron chi connectivity index (χ2n) is 5.74. The second-order valence-corrected chi connectivity index (χ2v) is 5.74. The molecule has 1 unspecified atom stereocenters. The molecule has 0 heterocycles. The average Bonchev–Trinajstić information content (AvgIpc) is 2.15. The van der Waals surface area contributed by atoms with Crippen LogP contribution in [-0.4, -0.2) is 11.8 Å². The SMILES string of the molecule is C/C(=C\C(=NC(C)C(C)C)C(C)C)C(C)C. The Hall–Kier alpha value is -0.590. The lowest BCUT2D eigenvalue weighted by atomic mass is 9.98. The second kappa shape index (κ2) is 6.88. The van der Waals surface area contributed by atoms with Gasteiger partial charge >= 0.3 is 0 Å². The summed E-state index contributed by atoms with van der Waals surface area (Å²) in [6, 6.07) is 0.411. The highest BCUT2D eigenvalue weighted by Gasteiger charge is 2.09. The lowest BCUT2D eigenvalue weighted by Gasteiger charge is -2.16. The summed E-state index contributed by atoms with van der Waals surface area (Å²) < 4.78 is 0. The molecule has 0 radical (unpaired) electrons. The van der Waals surface area contributed by atoms with Crippen LogP contribution in [0.25, 0.3) is 0 Å². The molecule has 0 N–H and O–H groups in total. The molecule has 1 heteroatoms. The van der Waals surface area contributed by atoms with E-state index in [0.29, 0.717) is 23.8 Å². The van der Waals surface area contributed by atoms with E-state index in [9.17, 15) is 0 Å². The zero-order valence-electron chi connectivity index (χ0n) is 12.3. The summed E-state index contributed by atoms with van der Waals surface area (Å²) in [7, 11) is 0. The molecule has 0 bridgehead atoms. The van der Waals surface area contributed by atoms with E-state index in [4.69, 9.17) is 4.99 Å². The summed E-state index contributed by atoms with van der Waals surface area (Å²) in [6.07, 6.45) is 2.27. The zero-order chi connectivity index (χ0) is 12.9. The lowest BCUT2D eigenvalue weighted by Crippen LogP contribution is -2.14. The van der Waals surface area contributed by atoms with E-state index >= 15 is 0 Å². The Morgan fingerprint density at radius 1 is 0.875 bits per heavy atom. The van der Waals surface area contributed by atoms with Crippen molar-refractivity contribution < 1.29 is 0 Å². The molecule has 0 saturated carbocycles. The van der Waals surface area contributed by atoms with Crippen LogP contribution in [0.15, 0.2) is 16.6 Å². The van der Waals surface area contributed by atoms with Crippen molar-refractivity contribution in [2.45, 2.75) is 61.4 Å². The quantitative estimate of drug-likeness (QED) is 0.597. The topological polar surface area (TPSA) is 12.4 Å². The van der Waals surface area contributed by atoms with Crippen LogP contribution in [0.2, 0.25) is 0 Å². The molecular weight excluding hydrogens is 194 g/mol. The van der Waals surface area contributed by atoms with Crippen LogP contribution in [0.4, 0.5) is 0 Å². The first-order chi connectivity index (χ1) is 7.25. The smallest absolute Gasteiger partial charge is 0.0497 e. The molecule has 0 saturated heterocycles. The van der Waals surface area contributed by atoms with E-state index < -0.39 is 0 Å². The third kappa shape index (κ3) is 5.48. The fraction of sp³-hybridized carbons (Fsp3) is 0.800. The number of rotatable bonds is 5. The maximum atomic E-state index is 4.84. The van der Waals surface area contributed by atoms with E-state index in [-0.39, 0.29) is 0 Å². The third-order valence-corrected chi connectivity index (χ3v) is 3.20. The Balaban J connectivity index is 4.96. The standard InChI is InChI=1S/C15H29N/c1-10(2)13(7)9-15(12(5)6)16-14(8)11(3)4/h9-12,14H,1-8H3/b13-9+,16-15?. The van der Waals surface area contributed by atoms with Gasteiger partial charge < -0.3 is 0 Å². The number of allylic oxidation sites excluding steroid dienone is 2. The van der Waals surface area contributed by atoms with E-state index in [1.54, 1.807) is 0 Å². The third-order valence-electron chi connectivity index (χ3n) is 3.20. The summed E-state index contributed by atoms with van der Waals surface area (Å²) in [4.78, 5) is 4.84. The minimum atomic E-state index is 0.411. The Bertz CT molecular complexity index is 257. The first-order valence-electron chi connectivity index (χ1n) is 6.51. The molecule has 0 aliphatic heterocycles. The molecule has 1 nitrogen and oxygen atoms in total. The van der Waals surface area contributed by atoms with Crippen molar-refractivity contribution in [1.29, 1.82) is 0 Å². The molecule has 0 amide bonds. The molecule has 1 atom stereocenters. The first kappa shape index (κ1) is 15.4. The largest absolute Gasteiger partial charge is 0.286 e. The maximum Gasteiger partial charge on any atom is 0.0497 e. The highest BCUT2D eigenvalue weighted by molar-refractivity contribution is 5.97. The summed E-state index contributed by atoms with van der Waals surface area (Å²) in [5, 5.41) is 0. The van der Waals surface area contributed by atoms with Gasteiger partial charge in [0.15, 0.2) is 0 Å². The Morgan fingerprint density at radius 2 is 1.38 bits per heavy atom. The van der Waals surface area contributed by atoms with Crippen LogP contribution in [0, 0.1) is 17.8 Å². The van der Waals surface area contributed by atoms with Gasteiger partial charge in [-0.1, -0.05) is 47.1 Å². The summed E-state index contributed by atoms with van der Waals surface area (Å²) in [5.41, 5.74) is 2.66. The Labute approximate surface area is 102 Å². The molecular formula is C15H29N. The molecule has 0 rings (SSSR count). The van der Waals surface area contributed by atoms with E-state index in [2.05, 4.69) is 61.5 Å². The van der Waals surface area contributed by atoms with Crippen molar-refractivity contribution in [2.75, 3.05) is 0 Å². The molecule has 0 aromatic heterocycles. The van der Waals surface area contributed by atoms with Gasteiger partial charge in [0.1, 0.15) is 0 Å². The molecule has 0 aromatic rings. The van der Waals surface area contributed by atoms with Crippen molar-refractivity contribution in [2.24, 2.45) is 22.7 Å². The van der Waals surface area contributed by atoms with Gasteiger partial charge in [-0.25, -0.2) is 0 Å². The highest BCUT2D eigenvalue weighted by Crippen LogP contribution is 2.13. The molecule has 0 aromatic carbocycles. The van der Waals surface area contributed by atoms with Crippen LogP contribution >= 0.6 is 0 Å². The van der Waals surface area contributed by atoms with E-state index in [0.717, 1.165) is 0 Å². The van der Waals surface area contributed by atoms with Crippen LogP contribution in [-0.2, 0) is 0 Å². The van der Waals surface area contributed by atoms with Crippen molar-refractivity contribution in [3.8, 4) is 0 Å². The van der Waals surface area contributed by atoms with Crippen LogP contribution in [0.5, 0.6) is 0 Å². The zero-order valence-corrected chi connectivity index (χ0v) is 12.3. The fourth-order valence-corrected chi connectivity index (χ4v) is 1.14. The van der Waals surface area contributed by atoms with Crippen LogP contribution in [0.3, 0.4) is 0 Å². The van der Waals surface area contributed by atoms with E-state index in [1.807, 2.05) is 0 Å². The van der Waals surface area contributed by atoms with Crippen molar-refractivity contribution >= 4 is 5.71 Å². The van der Waals surface area contributed by atoms with Crippen molar-refractivity contribution in [3.05, 3.63) is 11.6 Å². The average molecular weight is 223 g/mol. The molecule has 0 fully saturated rings. The number of nitrogens with zero attached hydrogens (tertiary/aromatic N) is 1. The normalized spacial score (nSPS) is 16.4. The van der Waals surface area contributed by atoms with Crippen molar-refractivity contribution in [3.63, 3.8) is 0 Å². The van der Waals surface area contributed by atoms with Crippen molar-refractivity contribution in [1.82, 2.24) is 0 Å². The number of hydrogen-bond donors (Lipinski definition) is 0. The first-order valence-corrected chi connectivity index (χ1v) is 6.51. The summed E-state index contributed by atoms with van der Waals surface area (Å²) in [6.45, 7) is 17.8. The predicted molar refractivity (Wildman–Crippen MR) is 75.2 cm³/mol. The maximum absolute atomic E-state index is 4.84. The minimum Gasteiger partial charge on any atom is -0.286 e. The number of aliphatic imine (C=N–C) groups is 1. The molecule has 0 aliphatic rings. The number of hydrogen-bond acceptors (Lipinski definition) is 1. The van der Waals surface area contributed by atoms with Crippen LogP contribution < -0.4 is 0 Å². The Morgan fingerprint density at radius 3 is 1.69 bits per heavy atom. The minimum absolute atomic E-state index is 0.411. The molecule has 0 aliphatic carbocycles. The van der Waals surface area contributed by atoms with Gasteiger partial charge in [0.2, 0.25) is 0 Å². The van der Waals surface area contributed by atoms with Gasteiger partial charge in [0, 0.05) is 11.8 Å². The van der Waals surface area contributed by atoms with Gasteiger partial charge in [0.25, 0.3) is 0 Å². The van der Waals surface area contributed by atoms with E-state index in [1.165, 1.54) is 11.3 Å². The monoisotopic (exact) mass is 223 g/mol. The van der Waals surface area contributed by atoms with Crippen LogP contribution in [0.1, 0.15) is 55.4 Å². The van der Waals surface area contributed by atoms with Gasteiger partial charge in [-0.2, -0.15) is 0 Å².